The number of rotatable bonds is 3. The van der Waals surface area contributed by atoms with E-state index in [0.717, 1.165) is 10.3 Å². The maximum atomic E-state index is 6.27. The monoisotopic (exact) mass is 307 g/mol. The molecule has 3 rings (SSSR count). The second-order valence-electron chi connectivity index (χ2n) is 4.60. The maximum Gasteiger partial charge on any atom is 0.176 e. The molecule has 2 aromatic heterocycles. The lowest BCUT2D eigenvalue weighted by molar-refractivity contribution is 0.406. The van der Waals surface area contributed by atoms with Crippen LogP contribution in [-0.2, 0) is 0 Å². The Bertz CT molecular complexity index is 762. The van der Waals surface area contributed by atoms with Gasteiger partial charge in [0.05, 0.1) is 13.2 Å². The Morgan fingerprint density at radius 2 is 2.10 bits per heavy atom. The molecule has 1 aromatic carbocycles. The summed E-state index contributed by atoms with van der Waals surface area (Å²) in [5, 5.41) is 1.51. The van der Waals surface area contributed by atoms with Crippen LogP contribution in [0.5, 0.6) is 5.75 Å². The topological polar surface area (TPSA) is 48.4 Å². The molecule has 0 bridgehead atoms. The van der Waals surface area contributed by atoms with Crippen molar-refractivity contribution in [3.63, 3.8) is 0 Å². The van der Waals surface area contributed by atoms with Crippen molar-refractivity contribution in [1.82, 2.24) is 0 Å². The number of thiophene rings is 1. The summed E-state index contributed by atoms with van der Waals surface area (Å²) < 4.78 is 11.2. The van der Waals surface area contributed by atoms with Gasteiger partial charge in [-0.1, -0.05) is 11.6 Å². The second-order valence-corrected chi connectivity index (χ2v) is 6.36. The van der Waals surface area contributed by atoms with Crippen LogP contribution in [-0.4, -0.2) is 7.11 Å². The number of aryl methyl sites for hydroxylation is 1. The molecule has 1 atom stereocenters. The van der Waals surface area contributed by atoms with Crippen LogP contribution in [0.3, 0.4) is 0 Å². The predicted molar refractivity (Wildman–Crippen MR) is 82.9 cm³/mol. The Morgan fingerprint density at radius 3 is 2.75 bits per heavy atom. The molecular formula is C15H14ClNO2S. The lowest BCUT2D eigenvalue weighted by Crippen LogP contribution is -2.08. The average molecular weight is 308 g/mol. The molecule has 2 heterocycles. The first-order chi connectivity index (χ1) is 9.58. The Labute approximate surface area is 125 Å². The minimum atomic E-state index is -0.274. The zero-order chi connectivity index (χ0) is 14.3. The van der Waals surface area contributed by atoms with Crippen LogP contribution in [0.25, 0.3) is 11.0 Å². The summed E-state index contributed by atoms with van der Waals surface area (Å²) in [5.41, 5.74) is 6.94. The molecule has 0 aliphatic heterocycles. The number of furan rings is 1. The smallest absolute Gasteiger partial charge is 0.176 e. The van der Waals surface area contributed by atoms with Gasteiger partial charge in [-0.05, 0) is 31.2 Å². The van der Waals surface area contributed by atoms with Crippen molar-refractivity contribution >= 4 is 33.9 Å². The van der Waals surface area contributed by atoms with E-state index < -0.39 is 0 Å². The number of hydrogen-bond donors (Lipinski definition) is 1. The van der Waals surface area contributed by atoms with Gasteiger partial charge in [-0.3, -0.25) is 0 Å². The Balaban J connectivity index is 2.08. The average Bonchev–Trinajstić information content (AvgIpc) is 3.02. The van der Waals surface area contributed by atoms with Crippen molar-refractivity contribution in [2.75, 3.05) is 7.11 Å². The zero-order valence-corrected chi connectivity index (χ0v) is 12.7. The molecule has 0 amide bonds. The number of benzene rings is 1. The summed E-state index contributed by atoms with van der Waals surface area (Å²) in [6.07, 6.45) is 0. The second kappa shape index (κ2) is 5.13. The molecular weight excluding hydrogens is 294 g/mol. The standard InChI is InChI=1S/C15H14ClNO2S/c1-8-3-4-13(20-8)14(17)11-6-9-5-10(16)7-12(18-2)15(9)19-11/h3-7,14H,17H2,1-2H3. The van der Waals surface area contributed by atoms with E-state index in [2.05, 4.69) is 13.0 Å². The molecule has 104 valence electrons. The normalized spacial score (nSPS) is 12.8. The van der Waals surface area contributed by atoms with E-state index in [-0.39, 0.29) is 6.04 Å². The van der Waals surface area contributed by atoms with Gasteiger partial charge >= 0.3 is 0 Å². The van der Waals surface area contributed by atoms with E-state index in [9.17, 15) is 0 Å². The van der Waals surface area contributed by atoms with Gasteiger partial charge in [-0.25, -0.2) is 0 Å². The van der Waals surface area contributed by atoms with E-state index in [1.54, 1.807) is 24.5 Å². The summed E-state index contributed by atoms with van der Waals surface area (Å²) in [7, 11) is 1.59. The fourth-order valence-corrected chi connectivity index (χ4v) is 3.28. The van der Waals surface area contributed by atoms with Crippen LogP contribution in [0.2, 0.25) is 5.02 Å². The van der Waals surface area contributed by atoms with Crippen LogP contribution < -0.4 is 10.5 Å². The molecule has 0 fully saturated rings. The number of fused-ring (bicyclic) bond motifs is 1. The third kappa shape index (κ3) is 2.30. The van der Waals surface area contributed by atoms with Gasteiger partial charge in [-0.15, -0.1) is 11.3 Å². The summed E-state index contributed by atoms with van der Waals surface area (Å²) in [6, 6.07) is 9.31. The highest BCUT2D eigenvalue weighted by Gasteiger charge is 2.18. The maximum absolute atomic E-state index is 6.27. The van der Waals surface area contributed by atoms with Crippen LogP contribution in [0, 0.1) is 6.92 Å². The first-order valence-electron chi connectivity index (χ1n) is 6.17. The minimum absolute atomic E-state index is 0.274. The summed E-state index contributed by atoms with van der Waals surface area (Å²) in [5.74, 6) is 1.33. The van der Waals surface area contributed by atoms with E-state index >= 15 is 0 Å². The van der Waals surface area contributed by atoms with Gasteiger partial charge in [0.25, 0.3) is 0 Å². The third-order valence-corrected chi connectivity index (χ3v) is 4.46. The molecule has 0 aliphatic carbocycles. The van der Waals surface area contributed by atoms with E-state index in [1.165, 1.54) is 4.88 Å². The molecule has 20 heavy (non-hydrogen) atoms. The predicted octanol–water partition coefficient (Wildman–Crippen LogP) is 4.51. The van der Waals surface area contributed by atoms with Crippen LogP contribution in [0.1, 0.15) is 21.6 Å². The van der Waals surface area contributed by atoms with Gasteiger partial charge < -0.3 is 14.9 Å². The molecule has 0 radical (unpaired) electrons. The number of hydrogen-bond acceptors (Lipinski definition) is 4. The van der Waals surface area contributed by atoms with Gasteiger partial charge in [-0.2, -0.15) is 0 Å². The molecule has 0 saturated carbocycles. The summed E-state index contributed by atoms with van der Waals surface area (Å²) in [6.45, 7) is 2.06. The van der Waals surface area contributed by atoms with Crippen LogP contribution in [0.15, 0.2) is 34.7 Å². The van der Waals surface area contributed by atoms with E-state index in [0.29, 0.717) is 22.1 Å². The van der Waals surface area contributed by atoms with Crippen molar-refractivity contribution in [3.05, 3.63) is 50.9 Å². The quantitative estimate of drug-likeness (QED) is 0.774. The summed E-state index contributed by atoms with van der Waals surface area (Å²) in [4.78, 5) is 2.30. The SMILES string of the molecule is COc1cc(Cl)cc2cc(C(N)c3ccc(C)s3)oc12. The fourth-order valence-electron chi connectivity index (χ4n) is 2.17. The highest BCUT2D eigenvalue weighted by atomic mass is 35.5. The lowest BCUT2D eigenvalue weighted by atomic mass is 10.2. The molecule has 1 unspecified atom stereocenters. The number of nitrogens with two attached hydrogens (primary N) is 1. The number of methoxy groups -OCH3 is 1. The number of halogens is 1. The van der Waals surface area contributed by atoms with Gasteiger partial charge in [0, 0.05) is 26.2 Å². The molecule has 2 N–H and O–H groups in total. The van der Waals surface area contributed by atoms with Crippen LogP contribution >= 0.6 is 22.9 Å². The molecule has 0 spiro atoms. The van der Waals surface area contributed by atoms with E-state index in [1.807, 2.05) is 18.2 Å². The molecule has 0 saturated heterocycles. The minimum Gasteiger partial charge on any atom is -0.493 e. The highest BCUT2D eigenvalue weighted by molar-refractivity contribution is 7.12. The van der Waals surface area contributed by atoms with Gasteiger partial charge in [0.2, 0.25) is 0 Å². The van der Waals surface area contributed by atoms with Gasteiger partial charge in [0.1, 0.15) is 5.76 Å². The first-order valence-corrected chi connectivity index (χ1v) is 7.37. The van der Waals surface area contributed by atoms with Crippen molar-refractivity contribution in [3.8, 4) is 5.75 Å². The van der Waals surface area contributed by atoms with Crippen LogP contribution in [0.4, 0.5) is 0 Å². The third-order valence-electron chi connectivity index (χ3n) is 3.16. The summed E-state index contributed by atoms with van der Waals surface area (Å²) >= 11 is 7.73. The lowest BCUT2D eigenvalue weighted by Gasteiger charge is -2.05. The highest BCUT2D eigenvalue weighted by Crippen LogP contribution is 2.36. The first kappa shape index (κ1) is 13.5. The Hall–Kier alpha value is -1.49. The fraction of sp³-hybridized carbons (Fsp3) is 0.200. The molecule has 0 aliphatic rings. The largest absolute Gasteiger partial charge is 0.493 e. The van der Waals surface area contributed by atoms with Gasteiger partial charge in [0.15, 0.2) is 11.3 Å². The zero-order valence-electron chi connectivity index (χ0n) is 11.1. The molecule has 3 aromatic rings. The molecule has 5 heteroatoms. The molecule has 3 nitrogen and oxygen atoms in total. The van der Waals surface area contributed by atoms with E-state index in [4.69, 9.17) is 26.5 Å². The van der Waals surface area contributed by atoms with Crippen molar-refractivity contribution in [2.45, 2.75) is 13.0 Å². The number of ether oxygens (including phenoxy) is 1. The van der Waals surface area contributed by atoms with Crippen molar-refractivity contribution in [1.29, 1.82) is 0 Å². The Kier molecular flexibility index (Phi) is 3.46. The van der Waals surface area contributed by atoms with Crippen molar-refractivity contribution < 1.29 is 9.15 Å². The Morgan fingerprint density at radius 1 is 1.30 bits per heavy atom. The van der Waals surface area contributed by atoms with Crippen molar-refractivity contribution in [2.24, 2.45) is 5.73 Å².